The fourth-order valence-corrected chi connectivity index (χ4v) is 3.95. The molecule has 3 aromatic rings. The van der Waals surface area contributed by atoms with Gasteiger partial charge in [0.25, 0.3) is 0 Å². The number of benzene rings is 3. The molecule has 3 aromatic carbocycles. The molecule has 4 rings (SSSR count). The topological polar surface area (TPSA) is 15.3 Å². The predicted molar refractivity (Wildman–Crippen MR) is 106 cm³/mol. The molecule has 1 N–H and O–H groups in total. The van der Waals surface area contributed by atoms with E-state index in [1.165, 1.54) is 33.9 Å². The van der Waals surface area contributed by atoms with Crippen LogP contribution in [0.15, 0.2) is 66.7 Å². The Hall–Kier alpha value is -2.16. The molecule has 0 bridgehead atoms. The molecule has 25 heavy (non-hydrogen) atoms. The van der Waals surface area contributed by atoms with Gasteiger partial charge in [-0.1, -0.05) is 72.3 Å². The van der Waals surface area contributed by atoms with Gasteiger partial charge in [-0.25, -0.2) is 0 Å². The van der Waals surface area contributed by atoms with Crippen molar-refractivity contribution in [3.05, 3.63) is 83.4 Å². The summed E-state index contributed by atoms with van der Waals surface area (Å²) in [6, 6.07) is 24.9. The molecular formula is C23H26N2. The molecule has 2 heteroatoms. The van der Waals surface area contributed by atoms with Crippen LogP contribution >= 0.6 is 0 Å². The van der Waals surface area contributed by atoms with Crippen molar-refractivity contribution in [3.8, 4) is 0 Å². The smallest absolute Gasteiger partial charge is 0.0608 e. The molecule has 1 aliphatic rings. The first-order valence-electron chi connectivity index (χ1n) is 9.32. The molecule has 0 aliphatic carbocycles. The van der Waals surface area contributed by atoms with E-state index in [2.05, 4.69) is 83.9 Å². The summed E-state index contributed by atoms with van der Waals surface area (Å²) in [4.78, 5) is 2.65. The Labute approximate surface area is 150 Å². The zero-order valence-electron chi connectivity index (χ0n) is 14.9. The van der Waals surface area contributed by atoms with Gasteiger partial charge in [-0.2, -0.15) is 0 Å². The lowest BCUT2D eigenvalue weighted by Gasteiger charge is -2.32. The maximum Gasteiger partial charge on any atom is 0.0608 e. The van der Waals surface area contributed by atoms with Gasteiger partial charge >= 0.3 is 0 Å². The Kier molecular flexibility index (Phi) is 4.82. The second-order valence-electron chi connectivity index (χ2n) is 7.02. The SMILES string of the molecule is Cc1ccc(C(c2cccc3ccccc23)N2CCCNCC2)cc1. The van der Waals surface area contributed by atoms with Gasteiger partial charge in [0.1, 0.15) is 0 Å². The molecule has 0 saturated carbocycles. The summed E-state index contributed by atoms with van der Waals surface area (Å²) in [5.41, 5.74) is 4.13. The van der Waals surface area contributed by atoms with Crippen molar-refractivity contribution < 1.29 is 0 Å². The van der Waals surface area contributed by atoms with Crippen LogP contribution in [0.5, 0.6) is 0 Å². The lowest BCUT2D eigenvalue weighted by molar-refractivity contribution is 0.242. The zero-order valence-corrected chi connectivity index (χ0v) is 14.9. The van der Waals surface area contributed by atoms with E-state index < -0.39 is 0 Å². The summed E-state index contributed by atoms with van der Waals surface area (Å²) < 4.78 is 0. The molecule has 128 valence electrons. The van der Waals surface area contributed by atoms with Crippen molar-refractivity contribution in [2.75, 3.05) is 26.2 Å². The largest absolute Gasteiger partial charge is 0.315 e. The zero-order chi connectivity index (χ0) is 17.1. The normalized spacial score (nSPS) is 17.3. The van der Waals surface area contributed by atoms with Crippen molar-refractivity contribution in [2.24, 2.45) is 0 Å². The van der Waals surface area contributed by atoms with Crippen LogP contribution in [0.3, 0.4) is 0 Å². The highest BCUT2D eigenvalue weighted by Crippen LogP contribution is 2.34. The molecule has 0 radical (unpaired) electrons. The number of nitrogens with one attached hydrogen (secondary N) is 1. The molecule has 0 amide bonds. The number of rotatable bonds is 3. The fourth-order valence-electron chi connectivity index (χ4n) is 3.95. The third kappa shape index (κ3) is 3.46. The lowest BCUT2D eigenvalue weighted by Crippen LogP contribution is -2.33. The molecular weight excluding hydrogens is 304 g/mol. The van der Waals surface area contributed by atoms with Gasteiger partial charge in [0, 0.05) is 19.6 Å². The van der Waals surface area contributed by atoms with Crippen molar-refractivity contribution in [1.29, 1.82) is 0 Å². The number of fused-ring (bicyclic) bond motifs is 1. The van der Waals surface area contributed by atoms with Gasteiger partial charge in [-0.05, 0) is 41.8 Å². The minimum Gasteiger partial charge on any atom is -0.315 e. The number of aryl methyl sites for hydroxylation is 1. The molecule has 1 saturated heterocycles. The average molecular weight is 330 g/mol. The van der Waals surface area contributed by atoms with Crippen LogP contribution in [0.1, 0.15) is 29.2 Å². The van der Waals surface area contributed by atoms with Crippen LogP contribution < -0.4 is 5.32 Å². The monoisotopic (exact) mass is 330 g/mol. The van der Waals surface area contributed by atoms with E-state index in [9.17, 15) is 0 Å². The maximum absolute atomic E-state index is 3.54. The predicted octanol–water partition coefficient (Wildman–Crippen LogP) is 4.53. The van der Waals surface area contributed by atoms with Crippen molar-refractivity contribution in [3.63, 3.8) is 0 Å². The van der Waals surface area contributed by atoms with E-state index in [1.807, 2.05) is 0 Å². The minimum absolute atomic E-state index is 0.312. The Morgan fingerprint density at radius 3 is 2.52 bits per heavy atom. The average Bonchev–Trinajstić information content (AvgIpc) is 2.93. The van der Waals surface area contributed by atoms with Crippen LogP contribution in [-0.4, -0.2) is 31.1 Å². The first kappa shape index (κ1) is 16.3. The van der Waals surface area contributed by atoms with E-state index in [-0.39, 0.29) is 0 Å². The van der Waals surface area contributed by atoms with Crippen molar-refractivity contribution in [1.82, 2.24) is 10.2 Å². The highest BCUT2D eigenvalue weighted by atomic mass is 15.2. The Balaban J connectivity index is 1.85. The summed E-state index contributed by atoms with van der Waals surface area (Å²) in [5.74, 6) is 0. The summed E-state index contributed by atoms with van der Waals surface area (Å²) in [6.45, 7) is 6.56. The highest BCUT2D eigenvalue weighted by molar-refractivity contribution is 5.86. The number of hydrogen-bond acceptors (Lipinski definition) is 2. The summed E-state index contributed by atoms with van der Waals surface area (Å²) in [7, 11) is 0. The van der Waals surface area contributed by atoms with E-state index in [0.717, 1.165) is 26.2 Å². The summed E-state index contributed by atoms with van der Waals surface area (Å²) in [6.07, 6.45) is 1.20. The third-order valence-corrected chi connectivity index (χ3v) is 5.25. The minimum atomic E-state index is 0.312. The lowest BCUT2D eigenvalue weighted by atomic mass is 9.92. The maximum atomic E-state index is 3.54. The Morgan fingerprint density at radius 2 is 1.64 bits per heavy atom. The molecule has 1 fully saturated rings. The van der Waals surface area contributed by atoms with Gasteiger partial charge in [0.2, 0.25) is 0 Å². The summed E-state index contributed by atoms with van der Waals surface area (Å²) >= 11 is 0. The first-order chi connectivity index (χ1) is 12.3. The second kappa shape index (κ2) is 7.38. The Bertz CT molecular complexity index is 825. The van der Waals surface area contributed by atoms with Gasteiger partial charge in [-0.3, -0.25) is 4.90 Å². The van der Waals surface area contributed by atoms with Crippen molar-refractivity contribution >= 4 is 10.8 Å². The standard InChI is InChI=1S/C23H26N2/c1-18-10-12-20(13-11-18)23(25-16-5-14-24-15-17-25)22-9-4-7-19-6-2-3-8-21(19)22/h2-4,6-13,23-24H,5,14-17H2,1H3. The first-order valence-corrected chi connectivity index (χ1v) is 9.32. The van der Waals surface area contributed by atoms with Crippen LogP contribution in [-0.2, 0) is 0 Å². The van der Waals surface area contributed by atoms with Gasteiger partial charge < -0.3 is 5.32 Å². The molecule has 1 heterocycles. The molecule has 0 spiro atoms. The highest BCUT2D eigenvalue weighted by Gasteiger charge is 2.24. The van der Waals surface area contributed by atoms with Crippen LogP contribution in [0.2, 0.25) is 0 Å². The quantitative estimate of drug-likeness (QED) is 0.759. The Morgan fingerprint density at radius 1 is 0.840 bits per heavy atom. The fraction of sp³-hybridized carbons (Fsp3) is 0.304. The molecule has 1 unspecified atom stereocenters. The van der Waals surface area contributed by atoms with Gasteiger partial charge in [0.15, 0.2) is 0 Å². The summed E-state index contributed by atoms with van der Waals surface area (Å²) in [5, 5.41) is 6.23. The van der Waals surface area contributed by atoms with E-state index >= 15 is 0 Å². The van der Waals surface area contributed by atoms with Gasteiger partial charge in [-0.15, -0.1) is 0 Å². The molecule has 2 nitrogen and oxygen atoms in total. The van der Waals surface area contributed by atoms with Gasteiger partial charge in [0.05, 0.1) is 6.04 Å². The van der Waals surface area contributed by atoms with E-state index in [4.69, 9.17) is 0 Å². The molecule has 0 aromatic heterocycles. The molecule has 1 atom stereocenters. The van der Waals surface area contributed by atoms with E-state index in [0.29, 0.717) is 6.04 Å². The van der Waals surface area contributed by atoms with Crippen LogP contribution in [0.4, 0.5) is 0 Å². The number of nitrogens with zero attached hydrogens (tertiary/aromatic N) is 1. The number of hydrogen-bond donors (Lipinski definition) is 1. The second-order valence-corrected chi connectivity index (χ2v) is 7.02. The molecule has 1 aliphatic heterocycles. The van der Waals surface area contributed by atoms with E-state index in [1.54, 1.807) is 0 Å². The van der Waals surface area contributed by atoms with Crippen LogP contribution in [0.25, 0.3) is 10.8 Å². The van der Waals surface area contributed by atoms with Crippen LogP contribution in [0, 0.1) is 6.92 Å². The van der Waals surface area contributed by atoms with Crippen molar-refractivity contribution in [2.45, 2.75) is 19.4 Å². The third-order valence-electron chi connectivity index (χ3n) is 5.25.